The van der Waals surface area contributed by atoms with E-state index in [1.165, 1.54) is 37.9 Å². The van der Waals surface area contributed by atoms with Crippen LogP contribution in [0.2, 0.25) is 0 Å². The van der Waals surface area contributed by atoms with Crippen LogP contribution in [0.15, 0.2) is 18.2 Å². The predicted octanol–water partition coefficient (Wildman–Crippen LogP) is 3.80. The molecule has 0 bridgehead atoms. The largest absolute Gasteiger partial charge is 0.381 e. The third-order valence-electron chi connectivity index (χ3n) is 6.76. The summed E-state index contributed by atoms with van der Waals surface area (Å²) in [7, 11) is 0. The van der Waals surface area contributed by atoms with Gasteiger partial charge in [-0.15, -0.1) is 0 Å². The Bertz CT molecular complexity index is 830. The molecular weight excluding hydrogens is 350 g/mol. The van der Waals surface area contributed by atoms with Gasteiger partial charge in [0.15, 0.2) is 0 Å². The number of fused-ring (bicyclic) bond motifs is 1. The van der Waals surface area contributed by atoms with Gasteiger partial charge in [0.1, 0.15) is 0 Å². The highest BCUT2D eigenvalue weighted by Crippen LogP contribution is 2.32. The van der Waals surface area contributed by atoms with Gasteiger partial charge in [0, 0.05) is 53.9 Å². The summed E-state index contributed by atoms with van der Waals surface area (Å²) in [5.41, 5.74) is 4.36. The zero-order chi connectivity index (χ0) is 19.6. The molecule has 1 aromatic carbocycles. The van der Waals surface area contributed by atoms with E-state index < -0.39 is 0 Å². The summed E-state index contributed by atoms with van der Waals surface area (Å²) in [6, 6.07) is 5.96. The highest BCUT2D eigenvalue weighted by atomic mass is 16.5. The lowest BCUT2D eigenvalue weighted by atomic mass is 9.79. The average Bonchev–Trinajstić information content (AvgIpc) is 3.01. The van der Waals surface area contributed by atoms with Gasteiger partial charge in [-0.25, -0.2) is 0 Å². The molecule has 28 heavy (non-hydrogen) atoms. The molecular formula is C23H33N3O2. The molecule has 2 aliphatic heterocycles. The lowest BCUT2D eigenvalue weighted by Gasteiger charge is -2.42. The van der Waals surface area contributed by atoms with Gasteiger partial charge in [0.05, 0.1) is 0 Å². The van der Waals surface area contributed by atoms with Crippen molar-refractivity contribution >= 4 is 16.8 Å². The van der Waals surface area contributed by atoms with Gasteiger partial charge < -0.3 is 19.9 Å². The summed E-state index contributed by atoms with van der Waals surface area (Å²) in [6.07, 6.45) is 6.00. The molecule has 0 aliphatic carbocycles. The second-order valence-electron chi connectivity index (χ2n) is 8.77. The average molecular weight is 384 g/mol. The topological polar surface area (TPSA) is 57.4 Å². The van der Waals surface area contributed by atoms with E-state index in [0.717, 1.165) is 61.3 Å². The van der Waals surface area contributed by atoms with Crippen molar-refractivity contribution in [2.24, 2.45) is 5.41 Å². The molecule has 152 valence electrons. The third-order valence-corrected chi connectivity index (χ3v) is 6.76. The molecule has 1 amide bonds. The lowest BCUT2D eigenvalue weighted by Crippen LogP contribution is -2.49. The van der Waals surface area contributed by atoms with Crippen LogP contribution >= 0.6 is 0 Å². The normalized spacial score (nSPS) is 20.4. The SMILES string of the molecule is Cc1[nH]c2ccc(C(=O)NCC3(CN4CCCCC4)CCOCC3)cc2c1C. The van der Waals surface area contributed by atoms with Crippen LogP contribution in [-0.4, -0.2) is 55.2 Å². The monoisotopic (exact) mass is 383 g/mol. The number of rotatable bonds is 5. The summed E-state index contributed by atoms with van der Waals surface area (Å²) in [5, 5.41) is 4.40. The molecule has 4 rings (SSSR count). The molecule has 2 N–H and O–H groups in total. The molecule has 2 aromatic rings. The van der Waals surface area contributed by atoms with Gasteiger partial charge in [0.25, 0.3) is 5.91 Å². The van der Waals surface area contributed by atoms with E-state index in [1.54, 1.807) is 0 Å². The van der Waals surface area contributed by atoms with Crippen molar-refractivity contribution < 1.29 is 9.53 Å². The number of benzene rings is 1. The fourth-order valence-electron chi connectivity index (χ4n) is 4.76. The summed E-state index contributed by atoms with van der Waals surface area (Å²) in [4.78, 5) is 18.9. The predicted molar refractivity (Wildman–Crippen MR) is 113 cm³/mol. The number of hydrogen-bond donors (Lipinski definition) is 2. The lowest BCUT2D eigenvalue weighted by molar-refractivity contribution is -0.00671. The number of nitrogens with one attached hydrogen (secondary N) is 2. The van der Waals surface area contributed by atoms with E-state index >= 15 is 0 Å². The first-order chi connectivity index (χ1) is 13.6. The maximum atomic E-state index is 12.9. The quantitative estimate of drug-likeness (QED) is 0.826. The number of ether oxygens (including phenoxy) is 1. The highest BCUT2D eigenvalue weighted by Gasteiger charge is 2.35. The van der Waals surface area contributed by atoms with E-state index in [2.05, 4.69) is 29.0 Å². The van der Waals surface area contributed by atoms with Crippen LogP contribution < -0.4 is 5.32 Å². The molecule has 0 radical (unpaired) electrons. The number of carbonyl (C=O) groups is 1. The van der Waals surface area contributed by atoms with Crippen molar-refractivity contribution in [1.82, 2.24) is 15.2 Å². The number of aromatic nitrogens is 1. The Hall–Kier alpha value is -1.85. The molecule has 1 aromatic heterocycles. The van der Waals surface area contributed by atoms with Crippen molar-refractivity contribution in [2.45, 2.75) is 46.0 Å². The fraction of sp³-hybridized carbons (Fsp3) is 0.609. The van der Waals surface area contributed by atoms with Crippen molar-refractivity contribution in [1.29, 1.82) is 0 Å². The Labute approximate surface area is 167 Å². The van der Waals surface area contributed by atoms with E-state index in [-0.39, 0.29) is 11.3 Å². The minimum absolute atomic E-state index is 0.0321. The number of piperidine rings is 1. The molecule has 0 spiro atoms. The summed E-state index contributed by atoms with van der Waals surface area (Å²) >= 11 is 0. The van der Waals surface area contributed by atoms with Crippen molar-refractivity contribution in [3.05, 3.63) is 35.0 Å². The zero-order valence-electron chi connectivity index (χ0n) is 17.3. The number of amides is 1. The van der Waals surface area contributed by atoms with Crippen LogP contribution in [0.25, 0.3) is 10.9 Å². The highest BCUT2D eigenvalue weighted by molar-refractivity contribution is 5.99. The van der Waals surface area contributed by atoms with E-state index in [0.29, 0.717) is 0 Å². The minimum Gasteiger partial charge on any atom is -0.381 e. The molecule has 0 unspecified atom stereocenters. The van der Waals surface area contributed by atoms with E-state index in [1.807, 2.05) is 18.2 Å². The number of carbonyl (C=O) groups excluding carboxylic acids is 1. The van der Waals surface area contributed by atoms with Crippen LogP contribution in [-0.2, 0) is 4.74 Å². The second kappa shape index (κ2) is 8.26. The molecule has 0 atom stereocenters. The zero-order valence-corrected chi connectivity index (χ0v) is 17.3. The van der Waals surface area contributed by atoms with Gasteiger partial charge in [-0.2, -0.15) is 0 Å². The Balaban J connectivity index is 1.45. The minimum atomic E-state index is 0.0321. The van der Waals surface area contributed by atoms with E-state index in [9.17, 15) is 4.79 Å². The Morgan fingerprint density at radius 3 is 2.68 bits per heavy atom. The van der Waals surface area contributed by atoms with Gasteiger partial charge in [-0.05, 0) is 76.4 Å². The maximum Gasteiger partial charge on any atom is 0.251 e. The summed E-state index contributed by atoms with van der Waals surface area (Å²) < 4.78 is 5.63. The van der Waals surface area contributed by atoms with Gasteiger partial charge in [0.2, 0.25) is 0 Å². The number of hydrogen-bond acceptors (Lipinski definition) is 3. The molecule has 3 heterocycles. The number of nitrogens with zero attached hydrogens (tertiary/aromatic N) is 1. The number of H-pyrrole nitrogens is 1. The third kappa shape index (κ3) is 4.11. The Morgan fingerprint density at radius 2 is 1.93 bits per heavy atom. The maximum absolute atomic E-state index is 12.9. The van der Waals surface area contributed by atoms with Crippen LogP contribution in [0.1, 0.15) is 53.7 Å². The van der Waals surface area contributed by atoms with Crippen LogP contribution in [0.3, 0.4) is 0 Å². The van der Waals surface area contributed by atoms with Crippen LogP contribution in [0.5, 0.6) is 0 Å². The van der Waals surface area contributed by atoms with E-state index in [4.69, 9.17) is 4.74 Å². The molecule has 5 nitrogen and oxygen atoms in total. The van der Waals surface area contributed by atoms with Gasteiger partial charge in [-0.3, -0.25) is 4.79 Å². The Morgan fingerprint density at radius 1 is 1.18 bits per heavy atom. The molecule has 0 saturated carbocycles. The molecule has 2 saturated heterocycles. The van der Waals surface area contributed by atoms with Crippen molar-refractivity contribution in [3.63, 3.8) is 0 Å². The molecule has 2 fully saturated rings. The van der Waals surface area contributed by atoms with Gasteiger partial charge in [-0.1, -0.05) is 6.42 Å². The van der Waals surface area contributed by atoms with Crippen molar-refractivity contribution in [2.75, 3.05) is 39.4 Å². The summed E-state index contributed by atoms with van der Waals surface area (Å²) in [5.74, 6) is 0.0321. The summed E-state index contributed by atoms with van der Waals surface area (Å²) in [6.45, 7) is 9.98. The number of aromatic amines is 1. The second-order valence-corrected chi connectivity index (χ2v) is 8.77. The Kier molecular flexibility index (Phi) is 5.74. The first-order valence-electron chi connectivity index (χ1n) is 10.7. The fourth-order valence-corrected chi connectivity index (χ4v) is 4.76. The van der Waals surface area contributed by atoms with Gasteiger partial charge >= 0.3 is 0 Å². The number of aryl methyl sites for hydroxylation is 2. The smallest absolute Gasteiger partial charge is 0.251 e. The molecule has 5 heteroatoms. The van der Waals surface area contributed by atoms with Crippen LogP contribution in [0, 0.1) is 19.3 Å². The first kappa shape index (κ1) is 19.5. The first-order valence-corrected chi connectivity index (χ1v) is 10.7. The van der Waals surface area contributed by atoms with Crippen LogP contribution in [0.4, 0.5) is 0 Å². The number of likely N-dealkylation sites (tertiary alicyclic amines) is 1. The molecule has 2 aliphatic rings. The van der Waals surface area contributed by atoms with Crippen molar-refractivity contribution in [3.8, 4) is 0 Å². The standard InChI is InChI=1S/C23H33N3O2/c1-17-18(2)25-21-7-6-19(14-20(17)21)22(27)24-15-23(8-12-28-13-9-23)16-26-10-4-3-5-11-26/h6-7,14,25H,3-5,8-13,15-16H2,1-2H3,(H,24,27).